The van der Waals surface area contributed by atoms with Gasteiger partial charge in [0.05, 0.1) is 0 Å². The van der Waals surface area contributed by atoms with Crippen molar-refractivity contribution in [3.05, 3.63) is 71.5 Å². The van der Waals surface area contributed by atoms with E-state index in [1.54, 1.807) is 49.5 Å². The second-order valence-corrected chi connectivity index (χ2v) is 6.27. The number of rotatable bonds is 5. The van der Waals surface area contributed by atoms with Gasteiger partial charge in [0.15, 0.2) is 5.58 Å². The molecule has 0 radical (unpaired) electrons. The zero-order valence-electron chi connectivity index (χ0n) is 14.8. The second-order valence-electron chi connectivity index (χ2n) is 5.84. The first-order chi connectivity index (χ1) is 13.6. The minimum atomic E-state index is -0.282. The number of nitrogens with zero attached hydrogens (tertiary/aromatic N) is 2. The second kappa shape index (κ2) is 7.58. The van der Waals surface area contributed by atoms with E-state index in [1.807, 2.05) is 12.1 Å². The van der Waals surface area contributed by atoms with Gasteiger partial charge in [-0.3, -0.25) is 9.78 Å². The summed E-state index contributed by atoms with van der Waals surface area (Å²) in [7, 11) is 1.55. The van der Waals surface area contributed by atoms with Crippen LogP contribution in [0.2, 0.25) is 5.02 Å². The molecule has 0 atom stereocenters. The highest BCUT2D eigenvalue weighted by molar-refractivity contribution is 6.30. The van der Waals surface area contributed by atoms with Gasteiger partial charge in [0.25, 0.3) is 11.9 Å². The van der Waals surface area contributed by atoms with E-state index in [2.05, 4.69) is 20.6 Å². The van der Waals surface area contributed by atoms with Crippen LogP contribution in [0.1, 0.15) is 10.5 Å². The average molecular weight is 395 g/mol. The Morgan fingerprint density at radius 1 is 1.07 bits per heavy atom. The number of ether oxygens (including phenoxy) is 1. The van der Waals surface area contributed by atoms with E-state index in [-0.39, 0.29) is 11.6 Å². The molecular formula is C20H15ClN4O3. The van der Waals surface area contributed by atoms with E-state index in [9.17, 15) is 4.79 Å². The number of halogens is 1. The zero-order valence-corrected chi connectivity index (χ0v) is 15.5. The first-order valence-electron chi connectivity index (χ1n) is 8.40. The molecule has 0 fully saturated rings. The molecule has 2 aromatic heterocycles. The summed E-state index contributed by atoms with van der Waals surface area (Å²) in [5, 5.41) is 6.27. The molecule has 2 aromatic carbocycles. The summed E-state index contributed by atoms with van der Waals surface area (Å²) in [4.78, 5) is 20.1. The fourth-order valence-electron chi connectivity index (χ4n) is 2.54. The Morgan fingerprint density at radius 3 is 2.64 bits per heavy atom. The van der Waals surface area contributed by atoms with Gasteiger partial charge in [0, 0.05) is 36.1 Å². The van der Waals surface area contributed by atoms with Crippen molar-refractivity contribution < 1.29 is 13.9 Å². The van der Waals surface area contributed by atoms with Crippen molar-refractivity contribution in [1.82, 2.24) is 15.3 Å². The van der Waals surface area contributed by atoms with Gasteiger partial charge in [-0.15, -0.1) is 0 Å². The maximum absolute atomic E-state index is 11.7. The maximum Gasteiger partial charge on any atom is 0.300 e. The van der Waals surface area contributed by atoms with Crippen LogP contribution in [0.25, 0.3) is 11.1 Å². The number of anilines is 2. The molecule has 1 amide bonds. The van der Waals surface area contributed by atoms with E-state index >= 15 is 0 Å². The largest absolute Gasteiger partial charge is 0.457 e. The van der Waals surface area contributed by atoms with Crippen LogP contribution < -0.4 is 15.4 Å². The van der Waals surface area contributed by atoms with Crippen LogP contribution >= 0.6 is 11.6 Å². The Balaban J connectivity index is 1.55. The van der Waals surface area contributed by atoms with Crippen LogP contribution in [0, 0.1) is 0 Å². The van der Waals surface area contributed by atoms with Crippen molar-refractivity contribution in [2.75, 3.05) is 12.4 Å². The van der Waals surface area contributed by atoms with Crippen LogP contribution in [-0.2, 0) is 0 Å². The summed E-state index contributed by atoms with van der Waals surface area (Å²) in [6, 6.07) is 16.1. The quantitative estimate of drug-likeness (QED) is 0.506. The highest BCUT2D eigenvalue weighted by Crippen LogP contribution is 2.28. The lowest BCUT2D eigenvalue weighted by molar-refractivity contribution is 0.0958. The molecule has 0 saturated heterocycles. The molecule has 2 heterocycles. The van der Waals surface area contributed by atoms with Gasteiger partial charge in [-0.25, -0.2) is 0 Å². The van der Waals surface area contributed by atoms with Crippen LogP contribution in [0.15, 0.2) is 65.2 Å². The summed E-state index contributed by atoms with van der Waals surface area (Å²) in [5.74, 6) is 0.777. The standard InChI is InChI=1S/C20H15ClN4O3/c1-22-19(26)17-11-15(8-9-23-17)27-14-6-7-18-16(10-14)25-20(28-18)24-13-4-2-12(21)3-5-13/h2-11H,1H3,(H,22,26)(H,24,25). The summed E-state index contributed by atoms with van der Waals surface area (Å²) < 4.78 is 11.5. The molecule has 0 unspecified atom stereocenters. The first-order valence-corrected chi connectivity index (χ1v) is 8.78. The van der Waals surface area contributed by atoms with Gasteiger partial charge in [-0.05, 0) is 42.5 Å². The van der Waals surface area contributed by atoms with E-state index in [4.69, 9.17) is 20.8 Å². The molecule has 0 aliphatic rings. The number of aromatic nitrogens is 2. The third-order valence-corrected chi connectivity index (χ3v) is 4.13. The first kappa shape index (κ1) is 17.8. The number of hydrogen-bond donors (Lipinski definition) is 2. The third-order valence-electron chi connectivity index (χ3n) is 3.88. The smallest absolute Gasteiger partial charge is 0.300 e. The van der Waals surface area contributed by atoms with Crippen LogP contribution in [0.3, 0.4) is 0 Å². The number of fused-ring (bicyclic) bond motifs is 1. The lowest BCUT2D eigenvalue weighted by Crippen LogP contribution is -2.18. The van der Waals surface area contributed by atoms with Crippen molar-refractivity contribution in [1.29, 1.82) is 0 Å². The SMILES string of the molecule is CNC(=O)c1cc(Oc2ccc3oc(Nc4ccc(Cl)cc4)nc3c2)ccn1. The molecule has 0 saturated carbocycles. The molecule has 7 nitrogen and oxygen atoms in total. The Labute approximate surface area is 165 Å². The van der Waals surface area contributed by atoms with Gasteiger partial charge in [-0.1, -0.05) is 11.6 Å². The summed E-state index contributed by atoms with van der Waals surface area (Å²) in [6.45, 7) is 0. The van der Waals surface area contributed by atoms with Gasteiger partial charge in [0.2, 0.25) is 0 Å². The van der Waals surface area contributed by atoms with Crippen LogP contribution in [0.4, 0.5) is 11.7 Å². The number of oxazole rings is 1. The maximum atomic E-state index is 11.7. The molecule has 0 spiro atoms. The highest BCUT2D eigenvalue weighted by Gasteiger charge is 2.10. The van der Waals surface area contributed by atoms with Crippen LogP contribution in [0.5, 0.6) is 11.5 Å². The summed E-state index contributed by atoms with van der Waals surface area (Å²) in [6.07, 6.45) is 1.52. The molecule has 4 rings (SSSR count). The van der Waals surface area contributed by atoms with E-state index < -0.39 is 0 Å². The fraction of sp³-hybridized carbons (Fsp3) is 0.0500. The lowest BCUT2D eigenvalue weighted by Gasteiger charge is -2.06. The normalized spacial score (nSPS) is 10.6. The van der Waals surface area contributed by atoms with E-state index in [0.717, 1.165) is 5.69 Å². The minimum Gasteiger partial charge on any atom is -0.457 e. The van der Waals surface area contributed by atoms with Crippen molar-refractivity contribution in [3.8, 4) is 11.5 Å². The third kappa shape index (κ3) is 3.89. The van der Waals surface area contributed by atoms with Gasteiger partial charge in [-0.2, -0.15) is 4.98 Å². The number of pyridine rings is 1. The molecule has 0 bridgehead atoms. The molecule has 28 heavy (non-hydrogen) atoms. The summed E-state index contributed by atoms with van der Waals surface area (Å²) >= 11 is 5.89. The van der Waals surface area contributed by atoms with Gasteiger partial charge < -0.3 is 19.8 Å². The molecular weight excluding hydrogens is 380 g/mol. The number of benzene rings is 2. The van der Waals surface area contributed by atoms with Crippen molar-refractivity contribution in [2.24, 2.45) is 0 Å². The van der Waals surface area contributed by atoms with E-state index in [1.165, 1.54) is 6.20 Å². The monoisotopic (exact) mass is 394 g/mol. The Hall–Kier alpha value is -3.58. The molecule has 2 N–H and O–H groups in total. The van der Waals surface area contributed by atoms with Crippen LogP contribution in [-0.4, -0.2) is 22.9 Å². The molecule has 4 aromatic rings. The molecule has 140 valence electrons. The van der Waals surface area contributed by atoms with Crippen molar-refractivity contribution in [2.45, 2.75) is 0 Å². The number of hydrogen-bond acceptors (Lipinski definition) is 6. The van der Waals surface area contributed by atoms with E-state index in [0.29, 0.717) is 33.6 Å². The number of nitrogens with one attached hydrogen (secondary N) is 2. The fourth-order valence-corrected chi connectivity index (χ4v) is 2.67. The highest BCUT2D eigenvalue weighted by atomic mass is 35.5. The predicted octanol–water partition coefficient (Wildman–Crippen LogP) is 4.77. The van der Waals surface area contributed by atoms with Crippen molar-refractivity contribution >= 4 is 40.3 Å². The summed E-state index contributed by atoms with van der Waals surface area (Å²) in [5.41, 5.74) is 2.34. The predicted molar refractivity (Wildman–Crippen MR) is 106 cm³/mol. The Morgan fingerprint density at radius 2 is 1.86 bits per heavy atom. The zero-order chi connectivity index (χ0) is 19.5. The molecule has 0 aliphatic heterocycles. The lowest BCUT2D eigenvalue weighted by atomic mass is 10.3. The van der Waals surface area contributed by atoms with Crippen molar-refractivity contribution in [3.63, 3.8) is 0 Å². The number of carbonyl (C=O) groups excluding carboxylic acids is 1. The average Bonchev–Trinajstić information content (AvgIpc) is 3.11. The van der Waals surface area contributed by atoms with Gasteiger partial charge in [0.1, 0.15) is 22.7 Å². The minimum absolute atomic E-state index is 0.275. The molecule has 0 aliphatic carbocycles. The number of carbonyl (C=O) groups is 1. The van der Waals surface area contributed by atoms with Gasteiger partial charge >= 0.3 is 0 Å². The Bertz CT molecular complexity index is 1140. The molecule has 8 heteroatoms. The topological polar surface area (TPSA) is 89.3 Å². The Kier molecular flexibility index (Phi) is 4.82. The number of amides is 1.